The highest BCUT2D eigenvalue weighted by Crippen LogP contribution is 2.67. The molecule has 6 nitrogen and oxygen atoms in total. The maximum absolute atomic E-state index is 13.4. The Hall–Kier alpha value is -2.19. The van der Waals surface area contributed by atoms with E-state index in [1.54, 1.807) is 17.5 Å². The third-order valence-electron chi connectivity index (χ3n) is 5.25. The van der Waals surface area contributed by atoms with Crippen LogP contribution in [0.4, 0.5) is 4.39 Å². The molecule has 148 valence electrons. The molecule has 3 saturated carbocycles. The lowest BCUT2D eigenvalue weighted by molar-refractivity contribution is -0.184. The first-order valence-corrected chi connectivity index (χ1v) is 10.1. The molecule has 2 amide bonds. The first kappa shape index (κ1) is 19.1. The van der Waals surface area contributed by atoms with E-state index in [0.29, 0.717) is 25.8 Å². The normalized spacial score (nSPS) is 24.7. The summed E-state index contributed by atoms with van der Waals surface area (Å²) in [5.41, 5.74) is -0.694. The van der Waals surface area contributed by atoms with Gasteiger partial charge in [0, 0.05) is 22.7 Å². The Balaban J connectivity index is 1.21. The number of nitrogens with zero attached hydrogens (tertiary/aromatic N) is 1. The fraction of sp³-hybridized carbons (Fsp3) is 0.421. The predicted molar refractivity (Wildman–Crippen MR) is 103 cm³/mol. The van der Waals surface area contributed by atoms with Crippen molar-refractivity contribution in [3.05, 3.63) is 45.1 Å². The lowest BCUT2D eigenvalue weighted by Crippen LogP contribution is -2.78. The lowest BCUT2D eigenvalue weighted by atomic mass is 9.39. The highest BCUT2D eigenvalue weighted by atomic mass is 35.5. The first-order valence-electron chi connectivity index (χ1n) is 8.88. The minimum Gasteiger partial charge on any atom is -0.484 e. The summed E-state index contributed by atoms with van der Waals surface area (Å²) >= 11 is 7.18. The van der Waals surface area contributed by atoms with E-state index in [1.165, 1.54) is 12.1 Å². The number of rotatable bonds is 7. The summed E-state index contributed by atoms with van der Waals surface area (Å²) in [6, 6.07) is 4.02. The highest BCUT2D eigenvalue weighted by Gasteiger charge is 2.72. The van der Waals surface area contributed by atoms with Crippen LogP contribution in [0.2, 0.25) is 5.02 Å². The summed E-state index contributed by atoms with van der Waals surface area (Å²) in [6.45, 7) is 2.19. The summed E-state index contributed by atoms with van der Waals surface area (Å²) < 4.78 is 18.7. The van der Waals surface area contributed by atoms with Gasteiger partial charge in [0.05, 0.1) is 17.0 Å². The summed E-state index contributed by atoms with van der Waals surface area (Å²) in [5.74, 6) is -0.630. The zero-order valence-electron chi connectivity index (χ0n) is 15.2. The van der Waals surface area contributed by atoms with Gasteiger partial charge in [-0.15, -0.1) is 11.3 Å². The van der Waals surface area contributed by atoms with Crippen molar-refractivity contribution in [2.75, 3.05) is 6.61 Å². The van der Waals surface area contributed by atoms with Crippen LogP contribution >= 0.6 is 22.9 Å². The summed E-state index contributed by atoms with van der Waals surface area (Å²) in [7, 11) is 0. The van der Waals surface area contributed by atoms with Crippen molar-refractivity contribution in [2.24, 2.45) is 5.41 Å². The molecule has 3 fully saturated rings. The molecule has 2 N–H and O–H groups in total. The molecule has 1 aromatic heterocycles. The Morgan fingerprint density at radius 2 is 2.11 bits per heavy atom. The van der Waals surface area contributed by atoms with Crippen molar-refractivity contribution in [3.63, 3.8) is 0 Å². The average molecular weight is 424 g/mol. The molecule has 0 radical (unpaired) electrons. The number of hydrogen-bond donors (Lipinski definition) is 2. The van der Waals surface area contributed by atoms with Crippen LogP contribution in [0.15, 0.2) is 24.4 Å². The van der Waals surface area contributed by atoms with Crippen LogP contribution in [0.1, 0.15) is 29.1 Å². The molecule has 3 aliphatic carbocycles. The van der Waals surface area contributed by atoms with Crippen molar-refractivity contribution >= 4 is 34.8 Å². The van der Waals surface area contributed by atoms with Crippen molar-refractivity contribution in [1.29, 1.82) is 0 Å². The third kappa shape index (κ3) is 3.58. The molecule has 2 aromatic rings. The number of thiazole rings is 1. The van der Waals surface area contributed by atoms with Gasteiger partial charge in [-0.25, -0.2) is 9.37 Å². The summed E-state index contributed by atoms with van der Waals surface area (Å²) in [6.07, 6.45) is 3.68. The second-order valence-corrected chi connectivity index (χ2v) is 9.28. The van der Waals surface area contributed by atoms with E-state index in [2.05, 4.69) is 15.6 Å². The predicted octanol–water partition coefficient (Wildman–Crippen LogP) is 2.98. The topological polar surface area (TPSA) is 80.3 Å². The third-order valence-corrected chi connectivity index (χ3v) is 6.47. The molecule has 1 aromatic carbocycles. The van der Waals surface area contributed by atoms with E-state index >= 15 is 0 Å². The fourth-order valence-electron chi connectivity index (χ4n) is 4.04. The quantitative estimate of drug-likeness (QED) is 0.717. The monoisotopic (exact) mass is 423 g/mol. The van der Waals surface area contributed by atoms with Crippen LogP contribution in [0, 0.1) is 18.2 Å². The number of carbonyl (C=O) groups is 2. The maximum Gasteiger partial charge on any atom is 0.258 e. The molecular weight excluding hydrogens is 405 g/mol. The molecule has 28 heavy (non-hydrogen) atoms. The number of benzene rings is 1. The van der Waals surface area contributed by atoms with Gasteiger partial charge in [-0.2, -0.15) is 0 Å². The number of nitrogens with one attached hydrogen (secondary N) is 2. The summed E-state index contributed by atoms with van der Waals surface area (Å²) in [4.78, 5) is 29.9. The molecule has 0 atom stereocenters. The largest absolute Gasteiger partial charge is 0.484 e. The SMILES string of the molecule is Cc1cnc(CNC(=O)C23CC(NC(=O)COc4ccc(Cl)c(F)c4)(C2)C3)s1. The van der Waals surface area contributed by atoms with Crippen molar-refractivity contribution in [3.8, 4) is 5.75 Å². The van der Waals surface area contributed by atoms with Crippen LogP contribution in [0.3, 0.4) is 0 Å². The van der Waals surface area contributed by atoms with Crippen LogP contribution < -0.4 is 15.4 Å². The van der Waals surface area contributed by atoms with E-state index in [9.17, 15) is 14.0 Å². The van der Waals surface area contributed by atoms with E-state index in [1.807, 2.05) is 6.92 Å². The van der Waals surface area contributed by atoms with Gasteiger partial charge in [0.2, 0.25) is 5.91 Å². The average Bonchev–Trinajstić information content (AvgIpc) is 3.01. The van der Waals surface area contributed by atoms with Crippen molar-refractivity contribution < 1.29 is 18.7 Å². The Morgan fingerprint density at radius 1 is 1.36 bits per heavy atom. The number of amides is 2. The van der Waals surface area contributed by atoms with Crippen LogP contribution in [0.25, 0.3) is 0 Å². The van der Waals surface area contributed by atoms with Crippen LogP contribution in [0.5, 0.6) is 5.75 Å². The Labute approximate surface area is 170 Å². The van der Waals surface area contributed by atoms with E-state index in [0.717, 1.165) is 16.0 Å². The molecule has 3 aliphatic rings. The van der Waals surface area contributed by atoms with Gasteiger partial charge in [0.15, 0.2) is 6.61 Å². The Morgan fingerprint density at radius 3 is 2.75 bits per heavy atom. The van der Waals surface area contributed by atoms with Gasteiger partial charge < -0.3 is 15.4 Å². The zero-order valence-corrected chi connectivity index (χ0v) is 16.8. The first-order chi connectivity index (χ1) is 13.3. The van der Waals surface area contributed by atoms with Gasteiger partial charge in [0.25, 0.3) is 5.91 Å². The lowest BCUT2D eigenvalue weighted by Gasteiger charge is -2.69. The van der Waals surface area contributed by atoms with E-state index in [-0.39, 0.29) is 40.1 Å². The number of hydrogen-bond acceptors (Lipinski definition) is 5. The van der Waals surface area contributed by atoms with Gasteiger partial charge in [0.1, 0.15) is 16.6 Å². The number of carbonyl (C=O) groups excluding carboxylic acids is 2. The Bertz CT molecular complexity index is 928. The van der Waals surface area contributed by atoms with Crippen molar-refractivity contribution in [1.82, 2.24) is 15.6 Å². The molecule has 2 bridgehead atoms. The van der Waals surface area contributed by atoms with Crippen LogP contribution in [-0.2, 0) is 16.1 Å². The molecule has 5 rings (SSSR count). The second-order valence-electron chi connectivity index (χ2n) is 7.55. The highest BCUT2D eigenvalue weighted by molar-refractivity contribution is 7.11. The number of aryl methyl sites for hydroxylation is 1. The minimum absolute atomic E-state index is 0.000706. The van der Waals surface area contributed by atoms with Gasteiger partial charge in [-0.3, -0.25) is 9.59 Å². The number of ether oxygens (including phenoxy) is 1. The van der Waals surface area contributed by atoms with E-state index in [4.69, 9.17) is 16.3 Å². The zero-order chi connectivity index (χ0) is 19.9. The fourth-order valence-corrected chi connectivity index (χ4v) is 4.88. The minimum atomic E-state index is -0.597. The maximum atomic E-state index is 13.4. The molecule has 0 aliphatic heterocycles. The van der Waals surface area contributed by atoms with Crippen LogP contribution in [-0.4, -0.2) is 28.9 Å². The number of aromatic nitrogens is 1. The smallest absolute Gasteiger partial charge is 0.258 e. The molecular formula is C19H19ClFN3O3S. The molecule has 1 heterocycles. The molecule has 0 spiro atoms. The van der Waals surface area contributed by atoms with Gasteiger partial charge in [-0.05, 0) is 38.3 Å². The standard InChI is InChI=1S/C19H19ClFN3O3S/c1-11-5-22-16(28-11)6-23-17(26)18-8-19(9-18,10-18)24-15(25)7-27-12-2-3-13(20)14(21)4-12/h2-5H,6-10H2,1H3,(H,23,26)(H,24,25). The number of halogens is 2. The van der Waals surface area contributed by atoms with Gasteiger partial charge >= 0.3 is 0 Å². The summed E-state index contributed by atoms with van der Waals surface area (Å²) in [5, 5.41) is 6.77. The Kier molecular flexibility index (Phi) is 4.79. The molecule has 9 heteroatoms. The van der Waals surface area contributed by atoms with Gasteiger partial charge in [-0.1, -0.05) is 11.6 Å². The molecule has 0 unspecified atom stereocenters. The molecule has 0 saturated heterocycles. The van der Waals surface area contributed by atoms with Crippen molar-refractivity contribution in [2.45, 2.75) is 38.3 Å². The van der Waals surface area contributed by atoms with E-state index < -0.39 is 5.82 Å². The second kappa shape index (κ2) is 7.00.